The van der Waals surface area contributed by atoms with Crippen LogP contribution >= 0.6 is 0 Å². The van der Waals surface area contributed by atoms with Gasteiger partial charge < -0.3 is 39.0 Å². The van der Waals surface area contributed by atoms with Gasteiger partial charge >= 0.3 is 0 Å². The first-order valence-electron chi connectivity index (χ1n) is 15.4. The van der Waals surface area contributed by atoms with Crippen molar-refractivity contribution in [3.8, 4) is 28.7 Å². The number of likely N-dealkylation sites (tertiary alicyclic amines) is 1. The highest BCUT2D eigenvalue weighted by Gasteiger charge is 2.77. The Bertz CT molecular complexity index is 1710. The van der Waals surface area contributed by atoms with Gasteiger partial charge in [0.2, 0.25) is 35.7 Å². The Morgan fingerprint density at radius 3 is 2.43 bits per heavy atom. The molecule has 0 aromatic heterocycles. The Balaban J connectivity index is 1.50. The van der Waals surface area contributed by atoms with Crippen molar-refractivity contribution in [2.45, 2.75) is 50.0 Å². The molecule has 3 heterocycles. The van der Waals surface area contributed by atoms with Gasteiger partial charge in [0.25, 0.3) is 0 Å². The van der Waals surface area contributed by atoms with Crippen LogP contribution in [-0.2, 0) is 25.6 Å². The monoisotopic (exact) mass is 628 g/mol. The van der Waals surface area contributed by atoms with E-state index in [4.69, 9.17) is 23.7 Å². The summed E-state index contributed by atoms with van der Waals surface area (Å²) in [5.41, 5.74) is -3.20. The summed E-state index contributed by atoms with van der Waals surface area (Å²) in [7, 11) is 2.94. The minimum Gasteiger partial charge on any atom is -0.497 e. The molecule has 46 heavy (non-hydrogen) atoms. The van der Waals surface area contributed by atoms with Crippen molar-refractivity contribution < 1.29 is 43.2 Å². The summed E-state index contributed by atoms with van der Waals surface area (Å²) in [6, 6.07) is 17.6. The van der Waals surface area contributed by atoms with Gasteiger partial charge in [0.15, 0.2) is 17.1 Å². The number of benzene rings is 3. The fourth-order valence-electron chi connectivity index (χ4n) is 7.53. The molecule has 1 saturated heterocycles. The molecule has 7 rings (SSSR count). The van der Waals surface area contributed by atoms with Crippen molar-refractivity contribution >= 4 is 17.6 Å². The molecule has 0 radical (unpaired) electrons. The molecule has 0 spiro atoms. The molecule has 4 aliphatic rings. The molecule has 1 saturated carbocycles. The Morgan fingerprint density at radius 1 is 1.02 bits per heavy atom. The maximum atomic E-state index is 15.2. The minimum absolute atomic E-state index is 0.00660. The van der Waals surface area contributed by atoms with Gasteiger partial charge in [-0.1, -0.05) is 56.3 Å². The standard InChI is InChI=1S/C35H36N2O9/c1-19(2)31(38)36-25-11-8-16-37(25)32(39)28-26(20-9-6-5-7-10-20)35(21-12-14-22(42-3)15-13-21)33(40)34(28,41)27-23(46-35)17-24-29(30(27)43-4)45-18-44-24/h5-7,9-10,12-15,17,19,25-26,28,41H,8,11,16,18H2,1-4H3,(H,36,38). The van der Waals surface area contributed by atoms with Crippen LogP contribution in [0.4, 0.5) is 0 Å². The van der Waals surface area contributed by atoms with E-state index >= 15 is 9.59 Å². The van der Waals surface area contributed by atoms with Crippen molar-refractivity contribution in [1.29, 1.82) is 0 Å². The quantitative estimate of drug-likeness (QED) is 0.403. The smallest absolute Gasteiger partial charge is 0.231 e. The lowest BCUT2D eigenvalue weighted by atomic mass is 9.75. The minimum atomic E-state index is -2.42. The molecule has 5 atom stereocenters. The Morgan fingerprint density at radius 2 is 1.76 bits per heavy atom. The van der Waals surface area contributed by atoms with Crippen molar-refractivity contribution in [3.05, 3.63) is 77.4 Å². The molecule has 1 aliphatic carbocycles. The predicted molar refractivity (Wildman–Crippen MR) is 164 cm³/mol. The number of fused-ring (bicyclic) bond motifs is 5. The van der Waals surface area contributed by atoms with Crippen LogP contribution in [0.15, 0.2) is 60.7 Å². The third-order valence-electron chi connectivity index (χ3n) is 9.66. The van der Waals surface area contributed by atoms with Gasteiger partial charge in [-0.3, -0.25) is 14.4 Å². The van der Waals surface area contributed by atoms with Crippen molar-refractivity contribution in [2.75, 3.05) is 27.6 Å². The molecule has 5 unspecified atom stereocenters. The zero-order valence-electron chi connectivity index (χ0n) is 26.1. The first-order valence-corrected chi connectivity index (χ1v) is 15.4. The number of ether oxygens (including phenoxy) is 5. The molecule has 3 aromatic carbocycles. The van der Waals surface area contributed by atoms with Crippen LogP contribution in [0.3, 0.4) is 0 Å². The van der Waals surface area contributed by atoms with E-state index in [1.807, 2.05) is 30.3 Å². The van der Waals surface area contributed by atoms with Crippen LogP contribution in [0.25, 0.3) is 0 Å². The highest BCUT2D eigenvalue weighted by atomic mass is 16.7. The van der Waals surface area contributed by atoms with Crippen molar-refractivity contribution in [1.82, 2.24) is 10.2 Å². The van der Waals surface area contributed by atoms with E-state index in [0.717, 1.165) is 0 Å². The summed E-state index contributed by atoms with van der Waals surface area (Å²) in [5, 5.41) is 16.1. The molecule has 11 nitrogen and oxygen atoms in total. The van der Waals surface area contributed by atoms with Gasteiger partial charge in [0.05, 0.1) is 31.6 Å². The van der Waals surface area contributed by atoms with E-state index in [1.54, 1.807) is 56.2 Å². The lowest BCUT2D eigenvalue weighted by molar-refractivity contribution is -0.159. The van der Waals surface area contributed by atoms with Gasteiger partial charge in [0.1, 0.15) is 17.7 Å². The number of hydrogen-bond donors (Lipinski definition) is 2. The van der Waals surface area contributed by atoms with Gasteiger partial charge in [-0.25, -0.2) is 0 Å². The summed E-state index contributed by atoms with van der Waals surface area (Å²) < 4.78 is 29.4. The number of carbonyl (C=O) groups excluding carboxylic acids is 3. The van der Waals surface area contributed by atoms with Crippen molar-refractivity contribution in [3.63, 3.8) is 0 Å². The number of hydrogen-bond acceptors (Lipinski definition) is 9. The van der Waals surface area contributed by atoms with E-state index in [1.165, 1.54) is 7.11 Å². The van der Waals surface area contributed by atoms with E-state index in [0.29, 0.717) is 42.0 Å². The van der Waals surface area contributed by atoms with Crippen molar-refractivity contribution in [2.24, 2.45) is 11.8 Å². The normalized spacial score (nSPS) is 27.3. The Hall–Kier alpha value is -4.77. The van der Waals surface area contributed by atoms with Crippen LogP contribution in [0, 0.1) is 11.8 Å². The van der Waals surface area contributed by atoms with E-state index < -0.39 is 40.9 Å². The number of carbonyl (C=O) groups is 3. The zero-order valence-corrected chi connectivity index (χ0v) is 26.1. The SMILES string of the molecule is COc1ccc(C23Oc4cc5c(c(OC)c4C(O)(C2=O)C(C(=O)N2CCCC2NC(=O)C(C)C)C3c2ccccc2)OCO5)cc1. The van der Waals surface area contributed by atoms with Crippen LogP contribution in [0.2, 0.25) is 0 Å². The van der Waals surface area contributed by atoms with E-state index in [9.17, 15) is 9.90 Å². The fourth-order valence-corrected chi connectivity index (χ4v) is 7.53. The third-order valence-corrected chi connectivity index (χ3v) is 9.66. The average Bonchev–Trinajstić information content (AvgIpc) is 3.76. The molecule has 2 fully saturated rings. The number of nitrogens with zero attached hydrogens (tertiary/aromatic N) is 1. The lowest BCUT2D eigenvalue weighted by Gasteiger charge is -2.40. The molecule has 2 N–H and O–H groups in total. The molecule has 3 aromatic rings. The second-order valence-electron chi connectivity index (χ2n) is 12.4. The third kappa shape index (κ3) is 4.10. The zero-order chi connectivity index (χ0) is 32.4. The number of nitrogens with one attached hydrogen (secondary N) is 1. The summed E-state index contributed by atoms with van der Waals surface area (Å²) in [6.45, 7) is 3.82. The van der Waals surface area contributed by atoms with Crippen LogP contribution in [-0.4, -0.2) is 61.3 Å². The fraction of sp³-hybridized carbons (Fsp3) is 0.400. The highest BCUT2D eigenvalue weighted by Crippen LogP contribution is 2.68. The number of rotatable bonds is 7. The maximum absolute atomic E-state index is 15.2. The average molecular weight is 629 g/mol. The molecule has 2 bridgehead atoms. The topological polar surface area (TPSA) is 133 Å². The Labute approximate surface area is 266 Å². The number of Topliss-reactive ketones (excluding diaryl/α,β-unsaturated/α-hetero) is 1. The first kappa shape index (κ1) is 29.9. The number of ketones is 1. The first-order chi connectivity index (χ1) is 22.2. The van der Waals surface area contributed by atoms with Gasteiger partial charge in [0, 0.05) is 24.1 Å². The molecule has 11 heteroatoms. The number of amides is 2. The second-order valence-corrected chi connectivity index (χ2v) is 12.4. The van der Waals surface area contributed by atoms with Gasteiger partial charge in [-0.05, 0) is 30.5 Å². The number of aliphatic hydroxyl groups is 1. The molecular weight excluding hydrogens is 592 g/mol. The van der Waals surface area contributed by atoms with Crippen LogP contribution in [0.5, 0.6) is 28.7 Å². The van der Waals surface area contributed by atoms with Gasteiger partial charge in [-0.2, -0.15) is 0 Å². The van der Waals surface area contributed by atoms with E-state index in [2.05, 4.69) is 5.32 Å². The molecule has 240 valence electrons. The van der Waals surface area contributed by atoms with Crippen LogP contribution < -0.4 is 29.0 Å². The predicted octanol–water partition coefficient (Wildman–Crippen LogP) is 3.61. The number of methoxy groups -OCH3 is 2. The summed E-state index contributed by atoms with van der Waals surface area (Å²) in [4.78, 5) is 44.7. The maximum Gasteiger partial charge on any atom is 0.231 e. The molecular formula is C35H36N2O9. The van der Waals surface area contributed by atoms with E-state index in [-0.39, 0.29) is 41.4 Å². The lowest BCUT2D eigenvalue weighted by Crippen LogP contribution is -2.54. The second kappa shape index (κ2) is 10.9. The summed E-state index contributed by atoms with van der Waals surface area (Å²) >= 11 is 0. The summed E-state index contributed by atoms with van der Waals surface area (Å²) in [5.74, 6) is -2.75. The molecule has 3 aliphatic heterocycles. The Kier molecular flexibility index (Phi) is 7.11. The highest BCUT2D eigenvalue weighted by molar-refractivity contribution is 6.08. The molecule has 2 amide bonds. The summed E-state index contributed by atoms with van der Waals surface area (Å²) in [6.07, 6.45) is 0.578. The van der Waals surface area contributed by atoms with Crippen LogP contribution in [0.1, 0.15) is 49.3 Å². The largest absolute Gasteiger partial charge is 0.497 e. The van der Waals surface area contributed by atoms with Gasteiger partial charge in [-0.15, -0.1) is 0 Å².